The minimum Gasteiger partial charge on any atom is -0.381 e. The molecular formula is C12H21NOS. The van der Waals surface area contributed by atoms with Crippen LogP contribution in [0.3, 0.4) is 0 Å². The lowest BCUT2D eigenvalue weighted by molar-refractivity contribution is 0.125. The molecule has 15 heavy (non-hydrogen) atoms. The molecule has 0 aliphatic heterocycles. The molecule has 0 saturated heterocycles. The van der Waals surface area contributed by atoms with Crippen molar-refractivity contribution >= 4 is 11.3 Å². The molecule has 1 heterocycles. The van der Waals surface area contributed by atoms with Crippen molar-refractivity contribution in [1.29, 1.82) is 0 Å². The molecule has 1 aromatic heterocycles. The van der Waals surface area contributed by atoms with Crippen LogP contribution in [-0.2, 0) is 11.2 Å². The van der Waals surface area contributed by atoms with E-state index in [1.54, 1.807) is 0 Å². The van der Waals surface area contributed by atoms with Crippen molar-refractivity contribution in [2.24, 2.45) is 0 Å². The van der Waals surface area contributed by atoms with E-state index in [9.17, 15) is 0 Å². The Labute approximate surface area is 96.7 Å². The molecule has 86 valence electrons. The number of hydrogen-bond acceptors (Lipinski definition) is 3. The SMILES string of the molecule is CCCOCCC(Cc1cccs1)NC. The van der Waals surface area contributed by atoms with Crippen molar-refractivity contribution < 1.29 is 4.74 Å². The molecule has 0 bridgehead atoms. The molecule has 0 saturated carbocycles. The summed E-state index contributed by atoms with van der Waals surface area (Å²) in [5, 5.41) is 5.48. The fourth-order valence-electron chi connectivity index (χ4n) is 1.49. The second-order valence-corrected chi connectivity index (χ2v) is 4.70. The van der Waals surface area contributed by atoms with E-state index in [0.717, 1.165) is 32.5 Å². The molecule has 1 N–H and O–H groups in total. The first kappa shape index (κ1) is 12.7. The Morgan fingerprint density at radius 1 is 1.47 bits per heavy atom. The van der Waals surface area contributed by atoms with Crippen molar-refractivity contribution in [1.82, 2.24) is 5.32 Å². The predicted molar refractivity (Wildman–Crippen MR) is 66.6 cm³/mol. The average Bonchev–Trinajstić information content (AvgIpc) is 2.75. The Balaban J connectivity index is 2.18. The van der Waals surface area contributed by atoms with Crippen LogP contribution in [0.4, 0.5) is 0 Å². The van der Waals surface area contributed by atoms with E-state index in [0.29, 0.717) is 6.04 Å². The lowest BCUT2D eigenvalue weighted by Crippen LogP contribution is -2.28. The smallest absolute Gasteiger partial charge is 0.0480 e. The highest BCUT2D eigenvalue weighted by Crippen LogP contribution is 2.12. The summed E-state index contributed by atoms with van der Waals surface area (Å²) >= 11 is 1.83. The molecule has 1 atom stereocenters. The lowest BCUT2D eigenvalue weighted by atomic mass is 10.1. The Hall–Kier alpha value is -0.380. The van der Waals surface area contributed by atoms with Gasteiger partial charge in [0.25, 0.3) is 0 Å². The molecular weight excluding hydrogens is 206 g/mol. The van der Waals surface area contributed by atoms with Crippen molar-refractivity contribution in [3.05, 3.63) is 22.4 Å². The largest absolute Gasteiger partial charge is 0.381 e. The summed E-state index contributed by atoms with van der Waals surface area (Å²) in [6, 6.07) is 4.85. The Kier molecular flexibility index (Phi) is 6.64. The van der Waals surface area contributed by atoms with E-state index < -0.39 is 0 Å². The summed E-state index contributed by atoms with van der Waals surface area (Å²) in [6.45, 7) is 3.89. The molecule has 1 unspecified atom stereocenters. The highest BCUT2D eigenvalue weighted by molar-refractivity contribution is 7.09. The molecule has 1 aromatic rings. The minimum atomic E-state index is 0.542. The van der Waals surface area contributed by atoms with Crippen LogP contribution in [-0.4, -0.2) is 26.3 Å². The van der Waals surface area contributed by atoms with Gasteiger partial charge in [-0.2, -0.15) is 0 Å². The molecule has 0 aromatic carbocycles. The average molecular weight is 227 g/mol. The molecule has 2 nitrogen and oxygen atoms in total. The number of hydrogen-bond donors (Lipinski definition) is 1. The number of likely N-dealkylation sites (N-methyl/N-ethyl adjacent to an activating group) is 1. The van der Waals surface area contributed by atoms with Crippen LogP contribution >= 0.6 is 11.3 Å². The quantitative estimate of drug-likeness (QED) is 0.689. The van der Waals surface area contributed by atoms with Crippen molar-refractivity contribution in [3.63, 3.8) is 0 Å². The fourth-order valence-corrected chi connectivity index (χ4v) is 2.28. The summed E-state index contributed by atoms with van der Waals surface area (Å²) in [6.07, 6.45) is 3.31. The van der Waals surface area contributed by atoms with Gasteiger partial charge in [0.1, 0.15) is 0 Å². The van der Waals surface area contributed by atoms with Crippen LogP contribution in [0.25, 0.3) is 0 Å². The Bertz CT molecular complexity index is 236. The zero-order valence-corrected chi connectivity index (χ0v) is 10.5. The minimum absolute atomic E-state index is 0.542. The monoisotopic (exact) mass is 227 g/mol. The number of ether oxygens (including phenoxy) is 1. The summed E-state index contributed by atoms with van der Waals surface area (Å²) < 4.78 is 5.50. The Morgan fingerprint density at radius 3 is 2.93 bits per heavy atom. The number of thiophene rings is 1. The van der Waals surface area contributed by atoms with Gasteiger partial charge in [-0.3, -0.25) is 0 Å². The maximum absolute atomic E-state index is 5.50. The van der Waals surface area contributed by atoms with E-state index >= 15 is 0 Å². The zero-order valence-electron chi connectivity index (χ0n) is 9.66. The van der Waals surface area contributed by atoms with Crippen molar-refractivity contribution in [2.45, 2.75) is 32.2 Å². The van der Waals surface area contributed by atoms with E-state index in [4.69, 9.17) is 4.74 Å². The second kappa shape index (κ2) is 7.85. The van der Waals surface area contributed by atoms with Crippen LogP contribution in [0.15, 0.2) is 17.5 Å². The molecule has 0 spiro atoms. The predicted octanol–water partition coefficient (Wildman–Crippen LogP) is 2.70. The van der Waals surface area contributed by atoms with Gasteiger partial charge in [0, 0.05) is 24.1 Å². The maximum atomic E-state index is 5.50. The van der Waals surface area contributed by atoms with Gasteiger partial charge in [-0.05, 0) is 37.8 Å². The maximum Gasteiger partial charge on any atom is 0.0480 e. The summed E-state index contributed by atoms with van der Waals surface area (Å²) in [7, 11) is 2.03. The second-order valence-electron chi connectivity index (χ2n) is 3.67. The van der Waals surface area contributed by atoms with Crippen molar-refractivity contribution in [3.8, 4) is 0 Å². The third-order valence-corrected chi connectivity index (χ3v) is 3.29. The summed E-state index contributed by atoms with van der Waals surface area (Å²) in [4.78, 5) is 1.45. The van der Waals surface area contributed by atoms with Gasteiger partial charge in [0.15, 0.2) is 0 Å². The number of nitrogens with one attached hydrogen (secondary N) is 1. The third kappa shape index (κ3) is 5.30. The van der Waals surface area contributed by atoms with E-state index in [-0.39, 0.29) is 0 Å². The van der Waals surface area contributed by atoms with Gasteiger partial charge in [-0.25, -0.2) is 0 Å². The zero-order chi connectivity index (χ0) is 10.9. The van der Waals surface area contributed by atoms with Crippen molar-refractivity contribution in [2.75, 3.05) is 20.3 Å². The third-order valence-electron chi connectivity index (χ3n) is 2.40. The van der Waals surface area contributed by atoms with Gasteiger partial charge < -0.3 is 10.1 Å². The first-order chi connectivity index (χ1) is 7.36. The van der Waals surface area contributed by atoms with Crippen LogP contribution in [0.2, 0.25) is 0 Å². The molecule has 0 aliphatic carbocycles. The van der Waals surface area contributed by atoms with Gasteiger partial charge in [0.2, 0.25) is 0 Å². The van der Waals surface area contributed by atoms with Gasteiger partial charge in [-0.15, -0.1) is 11.3 Å². The molecule has 0 radical (unpaired) electrons. The first-order valence-corrected chi connectivity index (χ1v) is 6.52. The highest BCUT2D eigenvalue weighted by Gasteiger charge is 2.07. The molecule has 0 fully saturated rings. The normalized spacial score (nSPS) is 12.9. The van der Waals surface area contributed by atoms with Gasteiger partial charge in [0.05, 0.1) is 0 Å². The van der Waals surface area contributed by atoms with E-state index in [1.165, 1.54) is 4.88 Å². The van der Waals surface area contributed by atoms with Crippen LogP contribution in [0.5, 0.6) is 0 Å². The Morgan fingerprint density at radius 2 is 2.33 bits per heavy atom. The fraction of sp³-hybridized carbons (Fsp3) is 0.667. The van der Waals surface area contributed by atoms with Gasteiger partial charge in [-0.1, -0.05) is 13.0 Å². The van der Waals surface area contributed by atoms with Crippen LogP contribution in [0.1, 0.15) is 24.6 Å². The lowest BCUT2D eigenvalue weighted by Gasteiger charge is -2.15. The molecule has 3 heteroatoms. The van der Waals surface area contributed by atoms with Gasteiger partial charge >= 0.3 is 0 Å². The highest BCUT2D eigenvalue weighted by atomic mass is 32.1. The first-order valence-electron chi connectivity index (χ1n) is 5.64. The summed E-state index contributed by atoms with van der Waals surface area (Å²) in [5.74, 6) is 0. The van der Waals surface area contributed by atoms with E-state index in [2.05, 4.69) is 29.8 Å². The molecule has 0 amide bonds. The standard InChI is InChI=1S/C12H21NOS/c1-3-7-14-8-6-11(13-2)10-12-5-4-9-15-12/h4-5,9,11,13H,3,6-8,10H2,1-2H3. The number of rotatable bonds is 8. The summed E-state index contributed by atoms with van der Waals surface area (Å²) in [5.41, 5.74) is 0. The molecule has 0 aliphatic rings. The van der Waals surface area contributed by atoms with E-state index in [1.807, 2.05) is 18.4 Å². The van der Waals surface area contributed by atoms with Crippen LogP contribution in [0, 0.1) is 0 Å². The molecule has 1 rings (SSSR count). The topological polar surface area (TPSA) is 21.3 Å². The van der Waals surface area contributed by atoms with Crippen LogP contribution < -0.4 is 5.32 Å².